The SMILES string of the molecule is CC(=O)O[C@@H]1[C@@H]2[C@@H](O)/C(C)=C/C[C@H]3[C@@H](/C=C(\C)C(=O)[C@@]2(OC(=O)c2ccccc2)C[C@@H]1C)C3(C)C. The van der Waals surface area contributed by atoms with Crippen molar-refractivity contribution in [2.24, 2.45) is 29.1 Å². The molecule has 188 valence electrons. The predicted molar refractivity (Wildman–Crippen MR) is 131 cm³/mol. The highest BCUT2D eigenvalue weighted by molar-refractivity contribution is 6.04. The van der Waals surface area contributed by atoms with Crippen LogP contribution >= 0.6 is 0 Å². The van der Waals surface area contributed by atoms with Crippen LogP contribution in [0.4, 0.5) is 0 Å². The number of rotatable bonds is 3. The first-order valence-electron chi connectivity index (χ1n) is 12.4. The molecule has 1 aromatic carbocycles. The Labute approximate surface area is 207 Å². The number of hydrogen-bond donors (Lipinski definition) is 1. The number of aliphatic hydroxyl groups excluding tert-OH is 1. The zero-order valence-electron chi connectivity index (χ0n) is 21.4. The van der Waals surface area contributed by atoms with Gasteiger partial charge in [0.15, 0.2) is 5.60 Å². The van der Waals surface area contributed by atoms with E-state index in [2.05, 4.69) is 13.8 Å². The quantitative estimate of drug-likeness (QED) is 0.500. The Morgan fingerprint density at radius 1 is 1.11 bits per heavy atom. The van der Waals surface area contributed by atoms with Gasteiger partial charge in [-0.2, -0.15) is 0 Å². The highest BCUT2D eigenvalue weighted by Crippen LogP contribution is 2.62. The topological polar surface area (TPSA) is 89.9 Å². The molecule has 0 aromatic heterocycles. The normalized spacial score (nSPS) is 39.0. The molecule has 1 N–H and O–H groups in total. The largest absolute Gasteiger partial charge is 0.462 e. The molecule has 2 fully saturated rings. The summed E-state index contributed by atoms with van der Waals surface area (Å²) in [5.74, 6) is -2.13. The van der Waals surface area contributed by atoms with Crippen molar-refractivity contribution in [1.82, 2.24) is 0 Å². The molecule has 0 saturated heterocycles. The molecule has 0 spiro atoms. The molecule has 0 unspecified atom stereocenters. The monoisotopic (exact) mass is 480 g/mol. The summed E-state index contributed by atoms with van der Waals surface area (Å²) in [5, 5.41) is 11.6. The van der Waals surface area contributed by atoms with Gasteiger partial charge in [-0.1, -0.05) is 51.1 Å². The Balaban J connectivity index is 1.87. The van der Waals surface area contributed by atoms with E-state index in [-0.39, 0.29) is 29.5 Å². The van der Waals surface area contributed by atoms with Crippen LogP contribution in [0.5, 0.6) is 0 Å². The highest BCUT2D eigenvalue weighted by Gasteiger charge is 2.64. The number of ketones is 1. The van der Waals surface area contributed by atoms with Gasteiger partial charge >= 0.3 is 11.9 Å². The summed E-state index contributed by atoms with van der Waals surface area (Å²) < 4.78 is 11.8. The van der Waals surface area contributed by atoms with E-state index in [4.69, 9.17) is 9.47 Å². The molecule has 6 heteroatoms. The smallest absolute Gasteiger partial charge is 0.339 e. The summed E-state index contributed by atoms with van der Waals surface area (Å²) >= 11 is 0. The first kappa shape index (κ1) is 25.4. The van der Waals surface area contributed by atoms with Crippen LogP contribution in [-0.4, -0.2) is 40.6 Å². The van der Waals surface area contributed by atoms with Gasteiger partial charge in [0.05, 0.1) is 17.6 Å². The number of allylic oxidation sites excluding steroid dienone is 2. The van der Waals surface area contributed by atoms with Crippen LogP contribution in [0.2, 0.25) is 0 Å². The number of carbonyl (C=O) groups is 3. The molecule has 0 amide bonds. The third-order valence-electron chi connectivity index (χ3n) is 8.48. The fourth-order valence-electron chi connectivity index (χ4n) is 6.33. The van der Waals surface area contributed by atoms with Gasteiger partial charge in [-0.3, -0.25) is 9.59 Å². The minimum atomic E-state index is -1.67. The number of Topliss-reactive ketones (excluding diaryl/α,β-unsaturated/α-hetero) is 1. The Kier molecular flexibility index (Phi) is 6.56. The zero-order valence-corrected chi connectivity index (χ0v) is 21.4. The lowest BCUT2D eigenvalue weighted by molar-refractivity contribution is -0.160. The Hall–Kier alpha value is -2.73. The lowest BCUT2D eigenvalue weighted by Crippen LogP contribution is -2.54. The molecule has 1 aromatic rings. The minimum Gasteiger partial charge on any atom is -0.462 e. The number of ether oxygens (including phenoxy) is 2. The summed E-state index contributed by atoms with van der Waals surface area (Å²) in [5.41, 5.74) is -0.105. The van der Waals surface area contributed by atoms with Crippen LogP contribution in [0.3, 0.4) is 0 Å². The molecule has 7 atom stereocenters. The number of carbonyl (C=O) groups excluding carboxylic acids is 3. The number of hydrogen-bond acceptors (Lipinski definition) is 6. The Morgan fingerprint density at radius 2 is 1.77 bits per heavy atom. The Morgan fingerprint density at radius 3 is 2.40 bits per heavy atom. The van der Waals surface area contributed by atoms with Gasteiger partial charge in [-0.05, 0) is 66.7 Å². The average Bonchev–Trinajstić information content (AvgIpc) is 3.19. The van der Waals surface area contributed by atoms with E-state index in [1.54, 1.807) is 37.3 Å². The van der Waals surface area contributed by atoms with Crippen LogP contribution in [0.25, 0.3) is 0 Å². The summed E-state index contributed by atoms with van der Waals surface area (Å²) in [6, 6.07) is 8.52. The second-order valence-electron chi connectivity index (χ2n) is 11.2. The first-order chi connectivity index (χ1) is 16.4. The second kappa shape index (κ2) is 9.05. The molecule has 3 aliphatic rings. The standard InChI is InChI=1S/C29H36O6/c1-16-12-13-21-22(28(21,5)6)14-17(2)26(32)29(35-27(33)20-10-8-7-9-11-20)15-18(3)25(34-19(4)30)23(29)24(16)31/h7-12,14,18,21-25,31H,13,15H2,1-6H3/b16-12+,17-14+/t18-,21-,22+,23-,24-,25-,29+/m0/s1. The van der Waals surface area contributed by atoms with Crippen molar-refractivity contribution in [3.8, 4) is 0 Å². The van der Waals surface area contributed by atoms with Crippen LogP contribution in [-0.2, 0) is 19.1 Å². The molecule has 0 heterocycles. The van der Waals surface area contributed by atoms with Crippen molar-refractivity contribution < 1.29 is 29.0 Å². The molecule has 0 radical (unpaired) electrons. The molecule has 0 bridgehead atoms. The number of aliphatic hydroxyl groups is 1. The van der Waals surface area contributed by atoms with Crippen molar-refractivity contribution in [2.75, 3.05) is 0 Å². The van der Waals surface area contributed by atoms with Crippen LogP contribution < -0.4 is 0 Å². The molecular formula is C29H36O6. The van der Waals surface area contributed by atoms with Gasteiger partial charge in [0.2, 0.25) is 5.78 Å². The maximum absolute atomic E-state index is 14.2. The second-order valence-corrected chi connectivity index (χ2v) is 11.2. The van der Waals surface area contributed by atoms with Gasteiger partial charge in [0, 0.05) is 13.3 Å². The van der Waals surface area contributed by atoms with E-state index in [9.17, 15) is 19.5 Å². The predicted octanol–water partition coefficient (Wildman–Crippen LogP) is 4.67. The molecule has 2 saturated carbocycles. The fourth-order valence-corrected chi connectivity index (χ4v) is 6.33. The molecular weight excluding hydrogens is 444 g/mol. The number of benzene rings is 1. The van der Waals surface area contributed by atoms with Crippen LogP contribution in [0.1, 0.15) is 64.7 Å². The molecule has 35 heavy (non-hydrogen) atoms. The van der Waals surface area contributed by atoms with Crippen molar-refractivity contribution in [3.63, 3.8) is 0 Å². The van der Waals surface area contributed by atoms with Crippen molar-refractivity contribution >= 4 is 17.7 Å². The first-order valence-corrected chi connectivity index (χ1v) is 12.4. The van der Waals surface area contributed by atoms with E-state index in [0.717, 1.165) is 6.42 Å². The van der Waals surface area contributed by atoms with Crippen LogP contribution in [0, 0.1) is 29.1 Å². The molecule has 6 nitrogen and oxygen atoms in total. The third-order valence-corrected chi connectivity index (χ3v) is 8.48. The lowest BCUT2D eigenvalue weighted by Gasteiger charge is -2.38. The van der Waals surface area contributed by atoms with E-state index in [0.29, 0.717) is 22.6 Å². The van der Waals surface area contributed by atoms with E-state index >= 15 is 0 Å². The van der Waals surface area contributed by atoms with Crippen molar-refractivity contribution in [2.45, 2.75) is 72.2 Å². The van der Waals surface area contributed by atoms with E-state index in [1.807, 2.05) is 26.0 Å². The maximum atomic E-state index is 14.2. The van der Waals surface area contributed by atoms with E-state index < -0.39 is 35.7 Å². The summed E-state index contributed by atoms with van der Waals surface area (Å²) in [7, 11) is 0. The highest BCUT2D eigenvalue weighted by atomic mass is 16.6. The van der Waals surface area contributed by atoms with Crippen LogP contribution in [0.15, 0.2) is 53.6 Å². The molecule has 4 rings (SSSR count). The van der Waals surface area contributed by atoms with Gasteiger partial charge in [0.25, 0.3) is 0 Å². The van der Waals surface area contributed by atoms with Gasteiger partial charge in [-0.25, -0.2) is 4.79 Å². The maximum Gasteiger partial charge on any atom is 0.339 e. The molecule has 0 aliphatic heterocycles. The number of fused-ring (bicyclic) bond motifs is 2. The summed E-state index contributed by atoms with van der Waals surface area (Å²) in [6.45, 7) is 11.1. The fraction of sp³-hybridized carbons (Fsp3) is 0.552. The third kappa shape index (κ3) is 4.37. The van der Waals surface area contributed by atoms with Crippen molar-refractivity contribution in [1.29, 1.82) is 0 Å². The average molecular weight is 481 g/mol. The summed E-state index contributed by atoms with van der Waals surface area (Å²) in [4.78, 5) is 39.6. The number of esters is 2. The van der Waals surface area contributed by atoms with Crippen molar-refractivity contribution in [3.05, 3.63) is 59.2 Å². The summed E-state index contributed by atoms with van der Waals surface area (Å²) in [6.07, 6.45) is 3.05. The molecule has 3 aliphatic carbocycles. The van der Waals surface area contributed by atoms with Gasteiger partial charge in [-0.15, -0.1) is 0 Å². The minimum absolute atomic E-state index is 0.0407. The zero-order chi connectivity index (χ0) is 25.7. The Bertz CT molecular complexity index is 1080. The van der Waals surface area contributed by atoms with Gasteiger partial charge in [0.1, 0.15) is 6.10 Å². The van der Waals surface area contributed by atoms with Gasteiger partial charge < -0.3 is 14.6 Å². The van der Waals surface area contributed by atoms with E-state index in [1.165, 1.54) is 6.92 Å². The lowest BCUT2D eigenvalue weighted by atomic mass is 9.77.